The highest BCUT2D eigenvalue weighted by Crippen LogP contribution is 2.20. The molecule has 13 heavy (non-hydrogen) atoms. The van der Waals surface area contributed by atoms with Gasteiger partial charge in [0.15, 0.2) is 5.82 Å². The van der Waals surface area contributed by atoms with Crippen LogP contribution in [-0.2, 0) is 0 Å². The molecule has 1 rings (SSSR count). The number of aromatic amines is 1. The minimum absolute atomic E-state index is 0.107. The van der Waals surface area contributed by atoms with Crippen molar-refractivity contribution >= 4 is 11.5 Å². The highest BCUT2D eigenvalue weighted by atomic mass is 16.6. The van der Waals surface area contributed by atoms with Crippen LogP contribution >= 0.6 is 0 Å². The number of nitro groups is 1. The molecule has 0 bridgehead atoms. The fraction of sp³-hybridized carbons (Fsp3) is 0.286. The standard InChI is InChI=1S/C7H9N3O3/c1-9(2)7-5(10(12)13)3-4-6(11)8-7/h3-4H,1-2H3,(H,8,11). The summed E-state index contributed by atoms with van der Waals surface area (Å²) < 4.78 is 0. The van der Waals surface area contributed by atoms with Gasteiger partial charge in [0.25, 0.3) is 0 Å². The number of aromatic nitrogens is 1. The molecule has 1 aromatic rings. The molecule has 70 valence electrons. The minimum Gasteiger partial charge on any atom is -0.359 e. The summed E-state index contributed by atoms with van der Waals surface area (Å²) in [6.07, 6.45) is 0. The highest BCUT2D eigenvalue weighted by Gasteiger charge is 2.15. The third-order valence-corrected chi connectivity index (χ3v) is 1.52. The first kappa shape index (κ1) is 9.24. The van der Waals surface area contributed by atoms with E-state index in [-0.39, 0.29) is 17.1 Å². The van der Waals surface area contributed by atoms with Crippen molar-refractivity contribution in [2.75, 3.05) is 19.0 Å². The van der Waals surface area contributed by atoms with Crippen LogP contribution < -0.4 is 10.5 Å². The fourth-order valence-electron chi connectivity index (χ4n) is 0.944. The van der Waals surface area contributed by atoms with Gasteiger partial charge in [0.2, 0.25) is 5.56 Å². The lowest BCUT2D eigenvalue weighted by Crippen LogP contribution is -2.17. The Hall–Kier alpha value is -1.85. The number of pyridine rings is 1. The van der Waals surface area contributed by atoms with Crippen molar-refractivity contribution in [3.63, 3.8) is 0 Å². The Labute approximate surface area is 74.0 Å². The molecule has 0 atom stereocenters. The second kappa shape index (κ2) is 3.26. The number of H-pyrrole nitrogens is 1. The lowest BCUT2D eigenvalue weighted by Gasteiger charge is -2.10. The van der Waals surface area contributed by atoms with Gasteiger partial charge in [-0.15, -0.1) is 0 Å². The lowest BCUT2D eigenvalue weighted by atomic mass is 10.4. The summed E-state index contributed by atoms with van der Waals surface area (Å²) in [6, 6.07) is 2.32. The fourth-order valence-corrected chi connectivity index (χ4v) is 0.944. The van der Waals surface area contributed by atoms with Crippen molar-refractivity contribution < 1.29 is 4.92 Å². The molecule has 0 radical (unpaired) electrons. The summed E-state index contributed by atoms with van der Waals surface area (Å²) in [5, 5.41) is 10.5. The van der Waals surface area contributed by atoms with Crippen LogP contribution in [0.5, 0.6) is 0 Å². The van der Waals surface area contributed by atoms with E-state index in [1.165, 1.54) is 11.0 Å². The zero-order valence-corrected chi connectivity index (χ0v) is 7.27. The van der Waals surface area contributed by atoms with Gasteiger partial charge in [0, 0.05) is 26.2 Å². The van der Waals surface area contributed by atoms with E-state index >= 15 is 0 Å². The summed E-state index contributed by atoms with van der Waals surface area (Å²) >= 11 is 0. The van der Waals surface area contributed by atoms with Gasteiger partial charge in [-0.2, -0.15) is 0 Å². The molecule has 0 saturated heterocycles. The third kappa shape index (κ3) is 1.84. The molecule has 1 heterocycles. The normalized spacial score (nSPS) is 9.69. The van der Waals surface area contributed by atoms with Gasteiger partial charge >= 0.3 is 5.69 Å². The second-order valence-electron chi connectivity index (χ2n) is 2.71. The van der Waals surface area contributed by atoms with Crippen LogP contribution in [0.15, 0.2) is 16.9 Å². The van der Waals surface area contributed by atoms with Crippen molar-refractivity contribution in [3.05, 3.63) is 32.6 Å². The van der Waals surface area contributed by atoms with Gasteiger partial charge < -0.3 is 9.88 Å². The van der Waals surface area contributed by atoms with E-state index in [0.717, 1.165) is 6.07 Å². The van der Waals surface area contributed by atoms with Crippen molar-refractivity contribution in [1.29, 1.82) is 0 Å². The van der Waals surface area contributed by atoms with Crippen LogP contribution in [0.4, 0.5) is 11.5 Å². The molecule has 0 aliphatic heterocycles. The van der Waals surface area contributed by atoms with Gasteiger partial charge in [-0.1, -0.05) is 0 Å². The molecule has 0 amide bonds. The van der Waals surface area contributed by atoms with E-state index in [2.05, 4.69) is 4.98 Å². The van der Waals surface area contributed by atoms with E-state index in [9.17, 15) is 14.9 Å². The topological polar surface area (TPSA) is 79.2 Å². The molecule has 1 aromatic heterocycles. The average Bonchev–Trinajstić information content (AvgIpc) is 2.03. The molecule has 0 spiro atoms. The Balaban J connectivity index is 3.35. The summed E-state index contributed by atoms with van der Waals surface area (Å²) in [6.45, 7) is 0. The van der Waals surface area contributed by atoms with Crippen molar-refractivity contribution in [1.82, 2.24) is 4.98 Å². The molecular formula is C7H9N3O3. The van der Waals surface area contributed by atoms with E-state index in [1.54, 1.807) is 14.1 Å². The van der Waals surface area contributed by atoms with Gasteiger partial charge in [-0.05, 0) is 0 Å². The molecule has 6 nitrogen and oxygen atoms in total. The summed E-state index contributed by atoms with van der Waals surface area (Å²) in [5.74, 6) is 0.206. The third-order valence-electron chi connectivity index (χ3n) is 1.52. The summed E-state index contributed by atoms with van der Waals surface area (Å²) in [7, 11) is 3.25. The smallest absolute Gasteiger partial charge is 0.309 e. The Kier molecular flexibility index (Phi) is 2.32. The van der Waals surface area contributed by atoms with Crippen LogP contribution in [-0.4, -0.2) is 24.0 Å². The van der Waals surface area contributed by atoms with Crippen LogP contribution in [0.2, 0.25) is 0 Å². The molecule has 0 saturated carbocycles. The van der Waals surface area contributed by atoms with Crippen LogP contribution in [0.25, 0.3) is 0 Å². The summed E-state index contributed by atoms with van der Waals surface area (Å²) in [4.78, 5) is 24.7. The highest BCUT2D eigenvalue weighted by molar-refractivity contribution is 5.56. The van der Waals surface area contributed by atoms with Crippen LogP contribution in [0.1, 0.15) is 0 Å². The molecule has 0 aromatic carbocycles. The maximum atomic E-state index is 10.9. The number of nitrogens with zero attached hydrogens (tertiary/aromatic N) is 2. The van der Waals surface area contributed by atoms with Crippen LogP contribution in [0.3, 0.4) is 0 Å². The Bertz CT molecular complexity index is 383. The van der Waals surface area contributed by atoms with Gasteiger partial charge in [-0.3, -0.25) is 14.9 Å². The zero-order chi connectivity index (χ0) is 10.0. The van der Waals surface area contributed by atoms with Crippen molar-refractivity contribution in [3.8, 4) is 0 Å². The SMILES string of the molecule is CN(C)c1[nH]c(=O)ccc1[N+](=O)[O-]. The lowest BCUT2D eigenvalue weighted by molar-refractivity contribution is -0.384. The maximum Gasteiger partial charge on any atom is 0.309 e. The number of hydrogen-bond acceptors (Lipinski definition) is 4. The molecule has 0 aliphatic carbocycles. The zero-order valence-electron chi connectivity index (χ0n) is 7.27. The van der Waals surface area contributed by atoms with Gasteiger partial charge in [-0.25, -0.2) is 0 Å². The first-order chi connectivity index (χ1) is 6.02. The van der Waals surface area contributed by atoms with Gasteiger partial charge in [0.1, 0.15) is 0 Å². The number of hydrogen-bond donors (Lipinski definition) is 1. The Morgan fingerprint density at radius 2 is 2.08 bits per heavy atom. The molecule has 0 unspecified atom stereocenters. The minimum atomic E-state index is -0.536. The first-order valence-electron chi connectivity index (χ1n) is 3.57. The molecule has 1 N–H and O–H groups in total. The van der Waals surface area contributed by atoms with E-state index in [4.69, 9.17) is 0 Å². The van der Waals surface area contributed by atoms with Gasteiger partial charge in [0.05, 0.1) is 4.92 Å². The Morgan fingerprint density at radius 3 is 2.54 bits per heavy atom. The average molecular weight is 183 g/mol. The molecule has 0 fully saturated rings. The number of rotatable bonds is 2. The largest absolute Gasteiger partial charge is 0.359 e. The quantitative estimate of drug-likeness (QED) is 0.530. The van der Waals surface area contributed by atoms with E-state index in [1.807, 2.05) is 0 Å². The first-order valence-corrected chi connectivity index (χ1v) is 3.57. The second-order valence-corrected chi connectivity index (χ2v) is 2.71. The monoisotopic (exact) mass is 183 g/mol. The van der Waals surface area contributed by atoms with Crippen LogP contribution in [0, 0.1) is 10.1 Å². The molecular weight excluding hydrogens is 174 g/mol. The molecule has 6 heteroatoms. The molecule has 0 aliphatic rings. The Morgan fingerprint density at radius 1 is 1.46 bits per heavy atom. The van der Waals surface area contributed by atoms with Crippen molar-refractivity contribution in [2.24, 2.45) is 0 Å². The summed E-state index contributed by atoms with van der Waals surface area (Å²) in [5.41, 5.74) is -0.459. The predicted molar refractivity (Wildman–Crippen MR) is 48.0 cm³/mol. The van der Waals surface area contributed by atoms with Crippen molar-refractivity contribution in [2.45, 2.75) is 0 Å². The van der Waals surface area contributed by atoms with E-state index in [0.29, 0.717) is 0 Å². The van der Waals surface area contributed by atoms with E-state index < -0.39 is 4.92 Å². The number of nitrogens with one attached hydrogen (secondary N) is 1. The number of anilines is 1. The maximum absolute atomic E-state index is 10.9. The predicted octanol–water partition coefficient (Wildman–Crippen LogP) is 0.349.